The maximum atomic E-state index is 12.4. The van der Waals surface area contributed by atoms with E-state index >= 15 is 0 Å². The maximum Gasteiger partial charge on any atom is 0.253 e. The Morgan fingerprint density at radius 1 is 1.25 bits per heavy atom. The van der Waals surface area contributed by atoms with Gasteiger partial charge in [0, 0.05) is 30.3 Å². The first kappa shape index (κ1) is 18.7. The van der Waals surface area contributed by atoms with Crippen molar-refractivity contribution in [3.8, 4) is 0 Å². The SMILES string of the molecule is Cc1cc(C(=O)N2CCCC2)ccc1NC(=O)C(C)C1CNC1.Cl. The van der Waals surface area contributed by atoms with Gasteiger partial charge in [-0.15, -0.1) is 12.4 Å². The number of aryl methyl sites for hydroxylation is 1. The number of amides is 2. The number of halogens is 1. The predicted octanol–water partition coefficient (Wildman–Crippen LogP) is 2.45. The minimum atomic E-state index is 0. The molecule has 6 heteroatoms. The Balaban J connectivity index is 0.00000208. The molecule has 3 rings (SSSR count). The molecule has 2 aliphatic rings. The molecule has 2 heterocycles. The molecule has 0 aromatic heterocycles. The molecule has 24 heavy (non-hydrogen) atoms. The van der Waals surface area contributed by atoms with Crippen molar-refractivity contribution in [2.24, 2.45) is 11.8 Å². The first-order chi connectivity index (χ1) is 11.1. The van der Waals surface area contributed by atoms with Crippen LogP contribution in [0.3, 0.4) is 0 Å². The van der Waals surface area contributed by atoms with E-state index in [1.807, 2.05) is 36.9 Å². The zero-order chi connectivity index (χ0) is 16.4. The molecule has 1 aromatic rings. The van der Waals surface area contributed by atoms with Gasteiger partial charge in [-0.05, 0) is 62.5 Å². The predicted molar refractivity (Wildman–Crippen MR) is 97.7 cm³/mol. The monoisotopic (exact) mass is 351 g/mol. The van der Waals surface area contributed by atoms with Crippen LogP contribution in [0.15, 0.2) is 18.2 Å². The third kappa shape index (κ3) is 3.90. The number of benzene rings is 1. The molecule has 2 saturated heterocycles. The van der Waals surface area contributed by atoms with E-state index in [4.69, 9.17) is 0 Å². The fraction of sp³-hybridized carbons (Fsp3) is 0.556. The summed E-state index contributed by atoms with van der Waals surface area (Å²) in [4.78, 5) is 26.6. The van der Waals surface area contributed by atoms with Gasteiger partial charge in [-0.1, -0.05) is 6.92 Å². The van der Waals surface area contributed by atoms with Crippen LogP contribution in [0.2, 0.25) is 0 Å². The highest BCUT2D eigenvalue weighted by Crippen LogP contribution is 2.22. The van der Waals surface area contributed by atoms with Crippen molar-refractivity contribution in [2.45, 2.75) is 26.7 Å². The minimum absolute atomic E-state index is 0. The van der Waals surface area contributed by atoms with E-state index < -0.39 is 0 Å². The Hall–Kier alpha value is -1.59. The van der Waals surface area contributed by atoms with Crippen LogP contribution in [0.5, 0.6) is 0 Å². The zero-order valence-corrected chi connectivity index (χ0v) is 15.1. The van der Waals surface area contributed by atoms with E-state index in [0.29, 0.717) is 11.5 Å². The largest absolute Gasteiger partial charge is 0.339 e. The Kier molecular flexibility index (Phi) is 6.24. The molecule has 1 atom stereocenters. The van der Waals surface area contributed by atoms with E-state index in [1.54, 1.807) is 0 Å². The number of carbonyl (C=O) groups is 2. The summed E-state index contributed by atoms with van der Waals surface area (Å²) in [6.07, 6.45) is 2.18. The van der Waals surface area contributed by atoms with Crippen LogP contribution in [0, 0.1) is 18.8 Å². The number of hydrogen-bond donors (Lipinski definition) is 2. The first-order valence-corrected chi connectivity index (χ1v) is 8.48. The lowest BCUT2D eigenvalue weighted by atomic mass is 9.88. The van der Waals surface area contributed by atoms with Crippen LogP contribution in [-0.4, -0.2) is 42.9 Å². The number of rotatable bonds is 4. The maximum absolute atomic E-state index is 12.4. The van der Waals surface area contributed by atoms with Crippen molar-refractivity contribution < 1.29 is 9.59 Å². The third-order valence-corrected chi connectivity index (χ3v) is 5.06. The fourth-order valence-electron chi connectivity index (χ4n) is 3.16. The number of anilines is 1. The summed E-state index contributed by atoms with van der Waals surface area (Å²) in [6, 6.07) is 5.55. The standard InChI is InChI=1S/C18H25N3O2.ClH/c1-12-9-14(18(23)21-7-3-4-8-21)5-6-16(12)20-17(22)13(2)15-10-19-11-15;/h5-6,9,13,15,19H,3-4,7-8,10-11H2,1-2H3,(H,20,22);1H. The van der Waals surface area contributed by atoms with Gasteiger partial charge in [0.15, 0.2) is 0 Å². The molecule has 0 radical (unpaired) electrons. The van der Waals surface area contributed by atoms with Gasteiger partial charge in [-0.2, -0.15) is 0 Å². The van der Waals surface area contributed by atoms with Gasteiger partial charge in [0.25, 0.3) is 5.91 Å². The summed E-state index contributed by atoms with van der Waals surface area (Å²) < 4.78 is 0. The highest BCUT2D eigenvalue weighted by Gasteiger charge is 2.29. The number of hydrogen-bond acceptors (Lipinski definition) is 3. The van der Waals surface area contributed by atoms with Gasteiger partial charge in [0.05, 0.1) is 0 Å². The van der Waals surface area contributed by atoms with Gasteiger partial charge in [0.1, 0.15) is 0 Å². The van der Waals surface area contributed by atoms with E-state index in [-0.39, 0.29) is 30.1 Å². The summed E-state index contributed by atoms with van der Waals surface area (Å²) in [5.74, 6) is 0.573. The molecular formula is C18H26ClN3O2. The molecule has 132 valence electrons. The number of nitrogens with zero attached hydrogens (tertiary/aromatic N) is 1. The van der Waals surface area contributed by atoms with E-state index in [2.05, 4.69) is 10.6 Å². The molecule has 1 aromatic carbocycles. The third-order valence-electron chi connectivity index (χ3n) is 5.06. The fourth-order valence-corrected chi connectivity index (χ4v) is 3.16. The van der Waals surface area contributed by atoms with Gasteiger partial charge in [-0.3, -0.25) is 9.59 Å². The number of carbonyl (C=O) groups excluding carboxylic acids is 2. The van der Waals surface area contributed by atoms with Gasteiger partial charge in [0.2, 0.25) is 5.91 Å². The van der Waals surface area contributed by atoms with Crippen molar-refractivity contribution >= 4 is 29.9 Å². The Bertz CT molecular complexity index is 610. The number of likely N-dealkylation sites (tertiary alicyclic amines) is 1. The molecule has 0 saturated carbocycles. The van der Waals surface area contributed by atoms with Crippen molar-refractivity contribution in [1.82, 2.24) is 10.2 Å². The summed E-state index contributed by atoms with van der Waals surface area (Å²) in [5, 5.41) is 6.20. The van der Waals surface area contributed by atoms with Crippen molar-refractivity contribution in [2.75, 3.05) is 31.5 Å². The smallest absolute Gasteiger partial charge is 0.253 e. The second-order valence-corrected chi connectivity index (χ2v) is 6.73. The quantitative estimate of drug-likeness (QED) is 0.875. The second kappa shape index (κ2) is 7.99. The number of nitrogens with one attached hydrogen (secondary N) is 2. The lowest BCUT2D eigenvalue weighted by Crippen LogP contribution is -2.48. The highest BCUT2D eigenvalue weighted by molar-refractivity contribution is 5.97. The lowest BCUT2D eigenvalue weighted by Gasteiger charge is -2.31. The van der Waals surface area contributed by atoms with Crippen molar-refractivity contribution in [3.63, 3.8) is 0 Å². The topological polar surface area (TPSA) is 61.4 Å². The van der Waals surface area contributed by atoms with Crippen molar-refractivity contribution in [3.05, 3.63) is 29.3 Å². The molecule has 0 aliphatic carbocycles. The van der Waals surface area contributed by atoms with Crippen molar-refractivity contribution in [1.29, 1.82) is 0 Å². The van der Waals surface area contributed by atoms with Crippen LogP contribution < -0.4 is 10.6 Å². The Labute approximate surface area is 149 Å². The first-order valence-electron chi connectivity index (χ1n) is 8.48. The average molecular weight is 352 g/mol. The van der Waals surface area contributed by atoms with Crippen LogP contribution in [-0.2, 0) is 4.79 Å². The highest BCUT2D eigenvalue weighted by atomic mass is 35.5. The van der Waals surface area contributed by atoms with E-state index in [9.17, 15) is 9.59 Å². The molecule has 0 spiro atoms. The second-order valence-electron chi connectivity index (χ2n) is 6.73. The minimum Gasteiger partial charge on any atom is -0.339 e. The molecule has 5 nitrogen and oxygen atoms in total. The van der Waals surface area contributed by atoms with Crippen LogP contribution in [0.1, 0.15) is 35.7 Å². The Morgan fingerprint density at radius 3 is 2.46 bits per heavy atom. The zero-order valence-electron chi connectivity index (χ0n) is 14.3. The molecule has 0 bridgehead atoms. The summed E-state index contributed by atoms with van der Waals surface area (Å²) >= 11 is 0. The Morgan fingerprint density at radius 2 is 1.92 bits per heavy atom. The molecule has 2 aliphatic heterocycles. The molecule has 2 N–H and O–H groups in total. The van der Waals surface area contributed by atoms with Gasteiger partial charge >= 0.3 is 0 Å². The van der Waals surface area contributed by atoms with Crippen LogP contribution >= 0.6 is 12.4 Å². The van der Waals surface area contributed by atoms with Gasteiger partial charge in [-0.25, -0.2) is 0 Å². The average Bonchev–Trinajstić information content (AvgIpc) is 3.00. The summed E-state index contributed by atoms with van der Waals surface area (Å²) in [5.41, 5.74) is 2.44. The molecule has 2 fully saturated rings. The molecule has 1 unspecified atom stereocenters. The van der Waals surface area contributed by atoms with Crippen LogP contribution in [0.4, 0.5) is 5.69 Å². The molecule has 2 amide bonds. The van der Waals surface area contributed by atoms with E-state index in [0.717, 1.165) is 50.3 Å². The van der Waals surface area contributed by atoms with E-state index in [1.165, 1.54) is 0 Å². The van der Waals surface area contributed by atoms with Crippen LogP contribution in [0.25, 0.3) is 0 Å². The summed E-state index contributed by atoms with van der Waals surface area (Å²) in [7, 11) is 0. The normalized spacial score (nSPS) is 18.5. The van der Waals surface area contributed by atoms with Gasteiger partial charge < -0.3 is 15.5 Å². The lowest BCUT2D eigenvalue weighted by molar-refractivity contribution is -0.121. The summed E-state index contributed by atoms with van der Waals surface area (Å²) in [6.45, 7) is 7.44. The molecular weight excluding hydrogens is 326 g/mol.